The second kappa shape index (κ2) is 5.32. The zero-order valence-corrected chi connectivity index (χ0v) is 13.2. The Morgan fingerprint density at radius 2 is 1.80 bits per heavy atom. The van der Waals surface area contributed by atoms with Crippen LogP contribution < -0.4 is 0 Å². The Morgan fingerprint density at radius 1 is 1.15 bits per heavy atom. The van der Waals surface area contributed by atoms with E-state index in [9.17, 15) is 8.42 Å². The first-order valence-electron chi connectivity index (χ1n) is 7.24. The first-order valence-corrected chi connectivity index (χ1v) is 9.12. The molecule has 1 aromatic carbocycles. The van der Waals surface area contributed by atoms with Crippen molar-refractivity contribution in [1.82, 2.24) is 4.31 Å². The molecule has 0 spiro atoms. The molecule has 0 amide bonds. The number of sulfonamides is 1. The Morgan fingerprint density at radius 3 is 2.50 bits per heavy atom. The van der Waals surface area contributed by atoms with Crippen molar-refractivity contribution in [3.05, 3.63) is 29.8 Å². The zero-order valence-electron chi connectivity index (χ0n) is 11.6. The maximum atomic E-state index is 12.9. The van der Waals surface area contributed by atoms with E-state index in [1.165, 1.54) is 6.42 Å². The monoisotopic (exact) mass is 313 g/mol. The Kier molecular flexibility index (Phi) is 3.82. The van der Waals surface area contributed by atoms with E-state index in [-0.39, 0.29) is 6.04 Å². The van der Waals surface area contributed by atoms with Crippen LogP contribution in [0.15, 0.2) is 29.2 Å². The Bertz CT molecular complexity index is 584. The highest BCUT2D eigenvalue weighted by atomic mass is 35.5. The van der Waals surface area contributed by atoms with Gasteiger partial charge in [-0.25, -0.2) is 8.42 Å². The number of rotatable bonds is 2. The van der Waals surface area contributed by atoms with E-state index >= 15 is 0 Å². The summed E-state index contributed by atoms with van der Waals surface area (Å²) in [5.41, 5.74) is 0.665. The van der Waals surface area contributed by atoms with Gasteiger partial charge in [-0.15, -0.1) is 11.6 Å². The lowest BCUT2D eigenvalue weighted by molar-refractivity contribution is 0.256. The summed E-state index contributed by atoms with van der Waals surface area (Å²) in [5, 5.41) is 0. The van der Waals surface area contributed by atoms with Gasteiger partial charge in [0.05, 0.1) is 10.4 Å². The quantitative estimate of drug-likeness (QED) is 0.619. The molecule has 1 saturated heterocycles. The summed E-state index contributed by atoms with van der Waals surface area (Å²) in [6.45, 7) is 1.95. The van der Waals surface area contributed by atoms with Crippen LogP contribution in [-0.2, 0) is 10.0 Å². The Hall–Kier alpha value is -0.580. The van der Waals surface area contributed by atoms with Crippen molar-refractivity contribution in [2.75, 3.05) is 0 Å². The Balaban J connectivity index is 1.95. The lowest BCUT2D eigenvalue weighted by Gasteiger charge is -2.31. The maximum Gasteiger partial charge on any atom is 0.244 e. The van der Waals surface area contributed by atoms with Crippen LogP contribution >= 0.6 is 11.6 Å². The van der Waals surface area contributed by atoms with Gasteiger partial charge in [0.15, 0.2) is 0 Å². The molecule has 20 heavy (non-hydrogen) atoms. The first kappa shape index (κ1) is 14.4. The molecule has 3 atom stereocenters. The number of hydrogen-bond donors (Lipinski definition) is 0. The first-order chi connectivity index (χ1) is 9.50. The lowest BCUT2D eigenvalue weighted by atomic mass is 9.85. The van der Waals surface area contributed by atoms with Gasteiger partial charge in [0.2, 0.25) is 10.0 Å². The molecule has 1 aromatic rings. The molecule has 0 aromatic heterocycles. The van der Waals surface area contributed by atoms with Crippen LogP contribution in [0.3, 0.4) is 0 Å². The molecule has 3 nitrogen and oxygen atoms in total. The number of nitrogens with zero attached hydrogens (tertiary/aromatic N) is 1. The van der Waals surface area contributed by atoms with Gasteiger partial charge in [-0.2, -0.15) is 4.31 Å². The number of alkyl halides is 1. The van der Waals surface area contributed by atoms with Crippen LogP contribution in [0.5, 0.6) is 0 Å². The summed E-state index contributed by atoms with van der Waals surface area (Å²) < 4.78 is 27.3. The van der Waals surface area contributed by atoms with E-state index in [4.69, 9.17) is 11.6 Å². The average Bonchev–Trinajstić information content (AvgIpc) is 2.75. The highest BCUT2D eigenvalue weighted by Crippen LogP contribution is 2.43. The van der Waals surface area contributed by atoms with Crippen molar-refractivity contribution in [1.29, 1.82) is 0 Å². The third kappa shape index (κ3) is 2.38. The number of halogens is 1. The molecular weight excluding hydrogens is 294 g/mol. The van der Waals surface area contributed by atoms with Gasteiger partial charge in [-0.05, 0) is 44.2 Å². The van der Waals surface area contributed by atoms with Crippen LogP contribution in [0, 0.1) is 12.8 Å². The molecule has 1 aliphatic heterocycles. The van der Waals surface area contributed by atoms with Crippen LogP contribution in [0.1, 0.15) is 37.7 Å². The van der Waals surface area contributed by atoms with Gasteiger partial charge in [-0.3, -0.25) is 0 Å². The van der Waals surface area contributed by atoms with Crippen molar-refractivity contribution in [3.63, 3.8) is 0 Å². The lowest BCUT2D eigenvalue weighted by Crippen LogP contribution is -2.41. The predicted molar refractivity (Wildman–Crippen MR) is 80.2 cm³/mol. The third-order valence-electron chi connectivity index (χ3n) is 4.57. The molecule has 2 fully saturated rings. The van der Waals surface area contributed by atoms with E-state index in [0.29, 0.717) is 10.8 Å². The molecule has 110 valence electrons. The van der Waals surface area contributed by atoms with Crippen molar-refractivity contribution in [3.8, 4) is 0 Å². The second-order valence-electron chi connectivity index (χ2n) is 5.93. The van der Waals surface area contributed by atoms with Crippen LogP contribution in [0.2, 0.25) is 0 Å². The maximum absolute atomic E-state index is 12.9. The smallest absolute Gasteiger partial charge is 0.207 e. The van der Waals surface area contributed by atoms with Crippen LogP contribution in [-0.4, -0.2) is 24.3 Å². The molecule has 0 N–H and O–H groups in total. The zero-order chi connectivity index (χ0) is 14.3. The van der Waals surface area contributed by atoms with Gasteiger partial charge >= 0.3 is 0 Å². The Labute approximate surface area is 126 Å². The van der Waals surface area contributed by atoms with Crippen molar-refractivity contribution >= 4 is 21.6 Å². The number of benzene rings is 1. The van der Waals surface area contributed by atoms with Crippen LogP contribution in [0.4, 0.5) is 0 Å². The molecule has 1 aliphatic carbocycles. The topological polar surface area (TPSA) is 37.4 Å². The molecule has 2 aliphatic rings. The number of aryl methyl sites for hydroxylation is 1. The molecule has 0 bridgehead atoms. The van der Waals surface area contributed by atoms with Gasteiger partial charge in [-0.1, -0.05) is 30.5 Å². The molecule has 0 unspecified atom stereocenters. The molecule has 1 heterocycles. The molecular formula is C15H20ClNO2S. The van der Waals surface area contributed by atoms with Gasteiger partial charge in [0, 0.05) is 6.04 Å². The third-order valence-corrected chi connectivity index (χ3v) is 7.02. The largest absolute Gasteiger partial charge is 0.244 e. The van der Waals surface area contributed by atoms with E-state index in [0.717, 1.165) is 31.2 Å². The van der Waals surface area contributed by atoms with Gasteiger partial charge < -0.3 is 0 Å². The minimum absolute atomic E-state index is 0.0950. The molecule has 0 radical (unpaired) electrons. The number of fused-ring (bicyclic) bond motifs is 1. The average molecular weight is 314 g/mol. The second-order valence-corrected chi connectivity index (χ2v) is 8.28. The molecule has 5 heteroatoms. The SMILES string of the molecule is Cc1ccc(S(=O)(=O)N2[C@H](Cl)C[C@H]3CCCC[C@@H]32)cc1. The molecule has 3 rings (SSSR count). The minimum Gasteiger partial charge on any atom is -0.207 e. The minimum atomic E-state index is -3.47. The fourth-order valence-electron chi connectivity index (χ4n) is 3.52. The van der Waals surface area contributed by atoms with Crippen molar-refractivity contribution < 1.29 is 8.42 Å². The normalized spacial score (nSPS) is 31.2. The van der Waals surface area contributed by atoms with Crippen molar-refractivity contribution in [2.24, 2.45) is 5.92 Å². The van der Waals surface area contributed by atoms with Gasteiger partial charge in [0.1, 0.15) is 0 Å². The van der Waals surface area contributed by atoms with E-state index < -0.39 is 15.5 Å². The summed E-state index contributed by atoms with van der Waals surface area (Å²) >= 11 is 6.37. The van der Waals surface area contributed by atoms with E-state index in [1.54, 1.807) is 16.4 Å². The highest BCUT2D eigenvalue weighted by molar-refractivity contribution is 7.89. The summed E-state index contributed by atoms with van der Waals surface area (Å²) in [5.74, 6) is 0.437. The fourth-order valence-corrected chi connectivity index (χ4v) is 5.95. The van der Waals surface area contributed by atoms with E-state index in [2.05, 4.69) is 0 Å². The summed E-state index contributed by atoms with van der Waals surface area (Å²) in [6, 6.07) is 7.14. The summed E-state index contributed by atoms with van der Waals surface area (Å²) in [7, 11) is -3.47. The van der Waals surface area contributed by atoms with Crippen molar-refractivity contribution in [2.45, 2.75) is 55.5 Å². The fraction of sp³-hybridized carbons (Fsp3) is 0.600. The van der Waals surface area contributed by atoms with E-state index in [1.807, 2.05) is 19.1 Å². The predicted octanol–water partition coefficient (Wildman–Crippen LogP) is 3.51. The standard InChI is InChI=1S/C15H20ClNO2S/c1-11-6-8-13(9-7-11)20(18,19)17-14-5-3-2-4-12(14)10-15(17)16/h6-9,12,14-15H,2-5,10H2,1H3/t12-,14+,15+/m1/s1. The number of hydrogen-bond acceptors (Lipinski definition) is 2. The highest BCUT2D eigenvalue weighted by Gasteiger charge is 2.47. The molecule has 1 saturated carbocycles. The summed E-state index contributed by atoms with van der Waals surface area (Å²) in [4.78, 5) is 0.361. The van der Waals surface area contributed by atoms with Gasteiger partial charge in [0.25, 0.3) is 0 Å². The van der Waals surface area contributed by atoms with Crippen LogP contribution in [0.25, 0.3) is 0 Å². The summed E-state index contributed by atoms with van der Waals surface area (Å²) in [6.07, 6.45) is 5.14.